The number of carbonyl (C=O) groups is 3. The molecule has 206 valence electrons. The van der Waals surface area contributed by atoms with E-state index in [0.29, 0.717) is 47.6 Å². The zero-order valence-corrected chi connectivity index (χ0v) is 23.0. The van der Waals surface area contributed by atoms with Gasteiger partial charge in [-0.2, -0.15) is 0 Å². The molecule has 0 saturated carbocycles. The second-order valence-corrected chi connectivity index (χ2v) is 9.56. The normalized spacial score (nSPS) is 13.0. The summed E-state index contributed by atoms with van der Waals surface area (Å²) in [5, 5.41) is 0. The van der Waals surface area contributed by atoms with E-state index in [-0.39, 0.29) is 18.3 Å². The topological polar surface area (TPSA) is 88.1 Å². The number of ether oxygens (including phenoxy) is 4. The van der Waals surface area contributed by atoms with Crippen LogP contribution in [0.4, 0.5) is 0 Å². The lowest BCUT2D eigenvalue weighted by Crippen LogP contribution is -2.13. The van der Waals surface area contributed by atoms with E-state index >= 15 is 0 Å². The molecule has 0 spiro atoms. The van der Waals surface area contributed by atoms with Crippen molar-refractivity contribution >= 4 is 17.9 Å². The fraction of sp³-hybridized carbons (Fsp3) is 0.242. The number of aryl methyl sites for hydroxylation is 1. The summed E-state index contributed by atoms with van der Waals surface area (Å²) in [7, 11) is 0. The number of rotatable bonds is 11. The van der Waals surface area contributed by atoms with Gasteiger partial charge in [-0.25, -0.2) is 9.59 Å². The van der Waals surface area contributed by atoms with Crippen molar-refractivity contribution in [2.75, 3.05) is 6.61 Å². The Hall–Kier alpha value is -4.65. The number of hydrogen-bond acceptors (Lipinski definition) is 7. The van der Waals surface area contributed by atoms with Crippen molar-refractivity contribution in [2.24, 2.45) is 0 Å². The fourth-order valence-corrected chi connectivity index (χ4v) is 4.65. The quantitative estimate of drug-likeness (QED) is 0.0857. The first kappa shape index (κ1) is 28.4. The van der Waals surface area contributed by atoms with Crippen molar-refractivity contribution < 1.29 is 33.3 Å². The second-order valence-electron chi connectivity index (χ2n) is 9.56. The van der Waals surface area contributed by atoms with Crippen LogP contribution in [0.3, 0.4) is 0 Å². The maximum atomic E-state index is 13.1. The number of benzene rings is 3. The Balaban J connectivity index is 1.44. The lowest BCUT2D eigenvalue weighted by Gasteiger charge is -2.12. The number of carbonyl (C=O) groups excluding carboxylic acids is 3. The van der Waals surface area contributed by atoms with Crippen molar-refractivity contribution in [3.05, 3.63) is 102 Å². The minimum absolute atomic E-state index is 0.0725. The Labute approximate surface area is 234 Å². The number of fused-ring (bicyclic) bond motifs is 3. The minimum atomic E-state index is -0.518. The van der Waals surface area contributed by atoms with E-state index < -0.39 is 11.9 Å². The van der Waals surface area contributed by atoms with Crippen molar-refractivity contribution in [1.29, 1.82) is 0 Å². The first-order valence-electron chi connectivity index (χ1n) is 13.2. The van der Waals surface area contributed by atoms with E-state index in [0.717, 1.165) is 34.3 Å². The molecule has 1 aliphatic carbocycles. The molecule has 0 heterocycles. The molecule has 1 atom stereocenters. The van der Waals surface area contributed by atoms with E-state index in [1.807, 2.05) is 37.3 Å². The third-order valence-corrected chi connectivity index (χ3v) is 6.73. The summed E-state index contributed by atoms with van der Waals surface area (Å²) < 4.78 is 21.6. The minimum Gasteiger partial charge on any atom is -0.494 e. The van der Waals surface area contributed by atoms with Crippen molar-refractivity contribution in [2.45, 2.75) is 46.0 Å². The van der Waals surface area contributed by atoms with Crippen LogP contribution in [0.15, 0.2) is 79.6 Å². The number of esters is 3. The SMILES string of the molecule is C=COC(=O)CCCOc1ccc2c(c1)C(C)c1cc(OC(=O)c3ccc(OC(=O)C(=C)C)cc3CC)ccc1-2. The van der Waals surface area contributed by atoms with Gasteiger partial charge in [0.05, 0.1) is 18.4 Å². The molecule has 0 fully saturated rings. The fourth-order valence-electron chi connectivity index (χ4n) is 4.65. The number of hydrogen-bond donors (Lipinski definition) is 0. The summed E-state index contributed by atoms with van der Waals surface area (Å²) in [6.45, 7) is 12.9. The van der Waals surface area contributed by atoms with E-state index in [1.165, 1.54) is 0 Å². The van der Waals surface area contributed by atoms with Crippen molar-refractivity contribution in [3.8, 4) is 28.4 Å². The predicted octanol–water partition coefficient (Wildman–Crippen LogP) is 6.93. The summed E-state index contributed by atoms with van der Waals surface area (Å²) in [5.41, 5.74) is 5.78. The van der Waals surface area contributed by atoms with Crippen molar-refractivity contribution in [1.82, 2.24) is 0 Å². The van der Waals surface area contributed by atoms with E-state index in [1.54, 1.807) is 31.2 Å². The van der Waals surface area contributed by atoms with Crippen LogP contribution in [0.25, 0.3) is 11.1 Å². The Morgan fingerprint density at radius 1 is 0.900 bits per heavy atom. The van der Waals surface area contributed by atoms with E-state index in [2.05, 4.69) is 20.1 Å². The molecular weight excluding hydrogens is 508 g/mol. The molecule has 0 saturated heterocycles. The van der Waals surface area contributed by atoms with Crippen molar-refractivity contribution in [3.63, 3.8) is 0 Å². The molecule has 40 heavy (non-hydrogen) atoms. The Morgan fingerprint density at radius 2 is 1.52 bits per heavy atom. The van der Waals surface area contributed by atoms with E-state index in [4.69, 9.17) is 18.9 Å². The van der Waals surface area contributed by atoms with Crippen LogP contribution in [-0.4, -0.2) is 24.5 Å². The zero-order chi connectivity index (χ0) is 28.8. The van der Waals surface area contributed by atoms with Crippen LogP contribution < -0.4 is 14.2 Å². The molecule has 1 unspecified atom stereocenters. The first-order valence-corrected chi connectivity index (χ1v) is 13.2. The van der Waals surface area contributed by atoms with Gasteiger partial charge in [0.15, 0.2) is 0 Å². The first-order chi connectivity index (χ1) is 19.2. The molecule has 0 amide bonds. The highest BCUT2D eigenvalue weighted by atomic mass is 16.5. The average Bonchev–Trinajstić information content (AvgIpc) is 3.21. The molecule has 0 aliphatic heterocycles. The molecule has 4 rings (SSSR count). The third kappa shape index (κ3) is 6.31. The Bertz CT molecular complexity index is 1480. The van der Waals surface area contributed by atoms with Crippen LogP contribution >= 0.6 is 0 Å². The van der Waals surface area contributed by atoms with Crippen LogP contribution in [0.1, 0.15) is 66.6 Å². The maximum Gasteiger partial charge on any atom is 0.343 e. The summed E-state index contributed by atoms with van der Waals surface area (Å²) >= 11 is 0. The molecule has 0 radical (unpaired) electrons. The molecule has 0 N–H and O–H groups in total. The summed E-state index contributed by atoms with van der Waals surface area (Å²) in [6, 6.07) is 16.5. The molecule has 0 bridgehead atoms. The summed E-state index contributed by atoms with van der Waals surface area (Å²) in [4.78, 5) is 36.4. The maximum absolute atomic E-state index is 13.1. The highest BCUT2D eigenvalue weighted by molar-refractivity contribution is 5.94. The lowest BCUT2D eigenvalue weighted by atomic mass is 9.99. The highest BCUT2D eigenvalue weighted by Gasteiger charge is 2.27. The lowest BCUT2D eigenvalue weighted by molar-refractivity contribution is -0.138. The van der Waals surface area contributed by atoms with Crippen LogP contribution in [0.2, 0.25) is 0 Å². The molecule has 7 heteroatoms. The smallest absolute Gasteiger partial charge is 0.343 e. The van der Waals surface area contributed by atoms with Gasteiger partial charge in [0.2, 0.25) is 0 Å². The van der Waals surface area contributed by atoms with Gasteiger partial charge in [-0.15, -0.1) is 0 Å². The van der Waals surface area contributed by atoms with Gasteiger partial charge in [0.25, 0.3) is 0 Å². The molecule has 1 aliphatic rings. The molecular formula is C33H32O7. The van der Waals surface area contributed by atoms with Gasteiger partial charge in [-0.3, -0.25) is 4.79 Å². The van der Waals surface area contributed by atoms with Crippen LogP contribution in [0.5, 0.6) is 17.2 Å². The summed E-state index contributed by atoms with van der Waals surface area (Å²) in [5.74, 6) is 0.269. The molecule has 7 nitrogen and oxygen atoms in total. The molecule has 0 aromatic heterocycles. The van der Waals surface area contributed by atoms with Crippen LogP contribution in [-0.2, 0) is 20.7 Å². The van der Waals surface area contributed by atoms with Crippen LogP contribution in [0, 0.1) is 0 Å². The highest BCUT2D eigenvalue weighted by Crippen LogP contribution is 2.47. The van der Waals surface area contributed by atoms with Gasteiger partial charge in [-0.05, 0) is 90.0 Å². The zero-order valence-electron chi connectivity index (χ0n) is 23.0. The molecule has 3 aromatic rings. The molecule has 3 aromatic carbocycles. The van der Waals surface area contributed by atoms with Gasteiger partial charge in [-0.1, -0.05) is 39.1 Å². The van der Waals surface area contributed by atoms with Gasteiger partial charge in [0, 0.05) is 17.9 Å². The summed E-state index contributed by atoms with van der Waals surface area (Å²) in [6.07, 6.45) is 2.48. The Morgan fingerprint density at radius 3 is 2.17 bits per heavy atom. The largest absolute Gasteiger partial charge is 0.494 e. The standard InChI is InChI=1S/C33H32O7/c1-6-22-17-24(39-32(35)20(3)4)11-13-26(22)33(36)40-25-12-15-28-27-14-10-23(18-29(27)21(5)30(28)19-25)38-16-8-9-31(34)37-7-2/h7,10-15,17-19,21H,2-3,6,8-9,16H2,1,4-5H3. The Kier molecular flexibility index (Phi) is 8.84. The van der Waals surface area contributed by atoms with Gasteiger partial charge >= 0.3 is 17.9 Å². The van der Waals surface area contributed by atoms with E-state index in [9.17, 15) is 14.4 Å². The monoisotopic (exact) mass is 540 g/mol. The predicted molar refractivity (Wildman–Crippen MR) is 152 cm³/mol. The third-order valence-electron chi connectivity index (χ3n) is 6.73. The van der Waals surface area contributed by atoms with Gasteiger partial charge < -0.3 is 18.9 Å². The second kappa shape index (κ2) is 12.5. The van der Waals surface area contributed by atoms with Gasteiger partial charge in [0.1, 0.15) is 17.2 Å². The average molecular weight is 541 g/mol.